The fourth-order valence-corrected chi connectivity index (χ4v) is 1.82. The standard InChI is InChI=1S/C14H23NO2/c1-9-6-13(8-15-5)7-10(2)14(9)17-12(4)11(3)16/h6-7,11-12,15-16H,8H2,1-5H3. The van der Waals surface area contributed by atoms with Crippen LogP contribution >= 0.6 is 0 Å². The van der Waals surface area contributed by atoms with Gasteiger partial charge in [0.15, 0.2) is 0 Å². The van der Waals surface area contributed by atoms with Crippen LogP contribution in [0.5, 0.6) is 5.75 Å². The van der Waals surface area contributed by atoms with E-state index < -0.39 is 6.10 Å². The number of hydrogen-bond donors (Lipinski definition) is 2. The van der Waals surface area contributed by atoms with Crippen LogP contribution in [0, 0.1) is 13.8 Å². The molecule has 0 aliphatic heterocycles. The molecular weight excluding hydrogens is 214 g/mol. The summed E-state index contributed by atoms with van der Waals surface area (Å²) in [6.07, 6.45) is -0.659. The molecule has 0 bridgehead atoms. The van der Waals surface area contributed by atoms with E-state index in [1.165, 1.54) is 5.56 Å². The van der Waals surface area contributed by atoms with Crippen LogP contribution < -0.4 is 10.1 Å². The molecule has 0 saturated carbocycles. The average Bonchev–Trinajstić information content (AvgIpc) is 2.23. The molecule has 3 nitrogen and oxygen atoms in total. The van der Waals surface area contributed by atoms with Gasteiger partial charge >= 0.3 is 0 Å². The summed E-state index contributed by atoms with van der Waals surface area (Å²) in [6.45, 7) is 8.55. The summed E-state index contributed by atoms with van der Waals surface area (Å²) >= 11 is 0. The fourth-order valence-electron chi connectivity index (χ4n) is 1.82. The molecule has 0 radical (unpaired) electrons. The van der Waals surface area contributed by atoms with E-state index in [0.717, 1.165) is 23.4 Å². The van der Waals surface area contributed by atoms with Gasteiger partial charge in [-0.3, -0.25) is 0 Å². The minimum atomic E-state index is -0.467. The van der Waals surface area contributed by atoms with Crippen molar-refractivity contribution in [3.63, 3.8) is 0 Å². The zero-order chi connectivity index (χ0) is 13.0. The van der Waals surface area contributed by atoms with Gasteiger partial charge in [0.25, 0.3) is 0 Å². The highest BCUT2D eigenvalue weighted by atomic mass is 16.5. The van der Waals surface area contributed by atoms with Crippen molar-refractivity contribution in [2.75, 3.05) is 7.05 Å². The molecule has 1 aromatic rings. The highest BCUT2D eigenvalue weighted by Crippen LogP contribution is 2.26. The third kappa shape index (κ3) is 3.72. The molecule has 1 rings (SSSR count). The Morgan fingerprint density at radius 2 is 1.76 bits per heavy atom. The molecular formula is C14H23NO2. The number of ether oxygens (including phenoxy) is 1. The Kier molecular flexibility index (Phi) is 4.97. The monoisotopic (exact) mass is 237 g/mol. The SMILES string of the molecule is CNCc1cc(C)c(OC(C)C(C)O)c(C)c1. The Morgan fingerprint density at radius 3 is 2.18 bits per heavy atom. The highest BCUT2D eigenvalue weighted by Gasteiger charge is 2.14. The zero-order valence-corrected chi connectivity index (χ0v) is 11.4. The lowest BCUT2D eigenvalue weighted by Crippen LogP contribution is -2.26. The molecule has 2 atom stereocenters. The molecule has 2 unspecified atom stereocenters. The maximum Gasteiger partial charge on any atom is 0.125 e. The summed E-state index contributed by atoms with van der Waals surface area (Å²) in [7, 11) is 1.94. The summed E-state index contributed by atoms with van der Waals surface area (Å²) < 4.78 is 5.80. The van der Waals surface area contributed by atoms with E-state index in [9.17, 15) is 5.11 Å². The second kappa shape index (κ2) is 6.03. The van der Waals surface area contributed by atoms with Crippen LogP contribution in [-0.4, -0.2) is 24.4 Å². The van der Waals surface area contributed by atoms with E-state index in [1.54, 1.807) is 6.92 Å². The third-order valence-electron chi connectivity index (χ3n) is 2.88. The largest absolute Gasteiger partial charge is 0.487 e. The van der Waals surface area contributed by atoms with Gasteiger partial charge in [-0.15, -0.1) is 0 Å². The first-order chi connectivity index (χ1) is 7.95. The maximum atomic E-state index is 9.47. The van der Waals surface area contributed by atoms with Crippen LogP contribution in [0.3, 0.4) is 0 Å². The Balaban J connectivity index is 2.93. The van der Waals surface area contributed by atoms with E-state index in [-0.39, 0.29) is 6.10 Å². The second-order valence-corrected chi connectivity index (χ2v) is 4.65. The minimum absolute atomic E-state index is 0.192. The number of hydrogen-bond acceptors (Lipinski definition) is 3. The third-order valence-corrected chi connectivity index (χ3v) is 2.88. The van der Waals surface area contributed by atoms with Crippen molar-refractivity contribution >= 4 is 0 Å². The molecule has 0 saturated heterocycles. The smallest absolute Gasteiger partial charge is 0.125 e. The first-order valence-corrected chi connectivity index (χ1v) is 6.05. The van der Waals surface area contributed by atoms with Crippen molar-refractivity contribution < 1.29 is 9.84 Å². The molecule has 0 spiro atoms. The number of aliphatic hydroxyl groups excluding tert-OH is 1. The molecule has 17 heavy (non-hydrogen) atoms. The number of aliphatic hydroxyl groups is 1. The van der Waals surface area contributed by atoms with E-state index >= 15 is 0 Å². The van der Waals surface area contributed by atoms with Gasteiger partial charge in [0.2, 0.25) is 0 Å². The fraction of sp³-hybridized carbons (Fsp3) is 0.571. The summed E-state index contributed by atoms with van der Waals surface area (Å²) in [6, 6.07) is 4.24. The quantitative estimate of drug-likeness (QED) is 0.824. The van der Waals surface area contributed by atoms with Crippen molar-refractivity contribution in [1.29, 1.82) is 0 Å². The van der Waals surface area contributed by atoms with E-state index in [4.69, 9.17) is 4.74 Å². The van der Waals surface area contributed by atoms with E-state index in [0.29, 0.717) is 0 Å². The Bertz CT molecular complexity index is 351. The summed E-state index contributed by atoms with van der Waals surface area (Å²) in [4.78, 5) is 0. The second-order valence-electron chi connectivity index (χ2n) is 4.65. The van der Waals surface area contributed by atoms with Gasteiger partial charge in [-0.05, 0) is 51.4 Å². The van der Waals surface area contributed by atoms with Gasteiger partial charge in [-0.25, -0.2) is 0 Å². The molecule has 0 aliphatic carbocycles. The summed E-state index contributed by atoms with van der Waals surface area (Å²) in [5.41, 5.74) is 3.48. The molecule has 0 fully saturated rings. The van der Waals surface area contributed by atoms with E-state index in [1.807, 2.05) is 27.8 Å². The van der Waals surface area contributed by atoms with Crippen molar-refractivity contribution in [3.8, 4) is 5.75 Å². The average molecular weight is 237 g/mol. The lowest BCUT2D eigenvalue weighted by molar-refractivity contribution is 0.0595. The zero-order valence-electron chi connectivity index (χ0n) is 11.4. The van der Waals surface area contributed by atoms with Crippen LogP contribution in [0.15, 0.2) is 12.1 Å². The van der Waals surface area contributed by atoms with Gasteiger partial charge in [-0.2, -0.15) is 0 Å². The molecule has 1 aromatic carbocycles. The molecule has 0 aliphatic rings. The van der Waals surface area contributed by atoms with Crippen LogP contribution in [0.4, 0.5) is 0 Å². The normalized spacial score (nSPS) is 14.5. The van der Waals surface area contributed by atoms with Crippen molar-refractivity contribution in [1.82, 2.24) is 5.32 Å². The molecule has 2 N–H and O–H groups in total. The van der Waals surface area contributed by atoms with Crippen LogP contribution in [0.1, 0.15) is 30.5 Å². The van der Waals surface area contributed by atoms with Crippen molar-refractivity contribution in [2.24, 2.45) is 0 Å². The number of aryl methyl sites for hydroxylation is 2. The van der Waals surface area contributed by atoms with Gasteiger partial charge in [0.05, 0.1) is 6.10 Å². The lowest BCUT2D eigenvalue weighted by atomic mass is 10.1. The van der Waals surface area contributed by atoms with Gasteiger partial charge < -0.3 is 15.2 Å². The first kappa shape index (κ1) is 14.0. The molecule has 0 aromatic heterocycles. The Morgan fingerprint density at radius 1 is 1.24 bits per heavy atom. The molecule has 0 heterocycles. The predicted octanol–water partition coefficient (Wildman–Crippen LogP) is 2.17. The number of nitrogens with one attached hydrogen (secondary N) is 1. The lowest BCUT2D eigenvalue weighted by Gasteiger charge is -2.21. The van der Waals surface area contributed by atoms with Crippen LogP contribution in [0.2, 0.25) is 0 Å². The highest BCUT2D eigenvalue weighted by molar-refractivity contribution is 5.43. The molecule has 96 valence electrons. The number of rotatable bonds is 5. The van der Waals surface area contributed by atoms with Crippen molar-refractivity contribution in [2.45, 2.75) is 46.4 Å². The summed E-state index contributed by atoms with van der Waals surface area (Å²) in [5, 5.41) is 12.6. The van der Waals surface area contributed by atoms with Crippen molar-refractivity contribution in [3.05, 3.63) is 28.8 Å². The van der Waals surface area contributed by atoms with Crippen LogP contribution in [-0.2, 0) is 6.54 Å². The Labute approximate surface area is 104 Å². The maximum absolute atomic E-state index is 9.47. The van der Waals surface area contributed by atoms with Gasteiger partial charge in [-0.1, -0.05) is 12.1 Å². The minimum Gasteiger partial charge on any atom is -0.487 e. The number of benzene rings is 1. The van der Waals surface area contributed by atoms with Crippen LogP contribution in [0.25, 0.3) is 0 Å². The molecule has 3 heteroatoms. The first-order valence-electron chi connectivity index (χ1n) is 6.05. The van der Waals surface area contributed by atoms with Gasteiger partial charge in [0, 0.05) is 6.54 Å². The Hall–Kier alpha value is -1.06. The van der Waals surface area contributed by atoms with Gasteiger partial charge in [0.1, 0.15) is 11.9 Å². The molecule has 0 amide bonds. The predicted molar refractivity (Wildman–Crippen MR) is 70.5 cm³/mol. The summed E-state index contributed by atoms with van der Waals surface area (Å²) in [5.74, 6) is 0.887. The van der Waals surface area contributed by atoms with E-state index in [2.05, 4.69) is 17.4 Å². The topological polar surface area (TPSA) is 41.5 Å².